The van der Waals surface area contributed by atoms with Crippen LogP contribution in [0.1, 0.15) is 5.56 Å². The van der Waals surface area contributed by atoms with E-state index in [-0.39, 0.29) is 17.3 Å². The number of nitrogens with zero attached hydrogens (tertiary/aromatic N) is 1. The summed E-state index contributed by atoms with van der Waals surface area (Å²) in [4.78, 5) is 4.50. The summed E-state index contributed by atoms with van der Waals surface area (Å²) in [7, 11) is -3.60. The third-order valence-corrected chi connectivity index (χ3v) is 4.93. The first-order valence-electron chi connectivity index (χ1n) is 7.31. The molecule has 122 valence electrons. The number of nitrogens with one attached hydrogen (secondary N) is 1. The van der Waals surface area contributed by atoms with Gasteiger partial charge < -0.3 is 0 Å². The van der Waals surface area contributed by atoms with Crippen molar-refractivity contribution in [1.29, 1.82) is 0 Å². The number of pyridine rings is 1. The first kappa shape index (κ1) is 16.3. The van der Waals surface area contributed by atoms with Gasteiger partial charge in [0.1, 0.15) is 5.82 Å². The Morgan fingerprint density at radius 2 is 1.62 bits per heavy atom. The number of benzene rings is 2. The summed E-state index contributed by atoms with van der Waals surface area (Å²) in [5.74, 6) is -0.332. The Kier molecular flexibility index (Phi) is 4.69. The van der Waals surface area contributed by atoms with E-state index in [1.807, 2.05) is 0 Å². The highest BCUT2D eigenvalue weighted by Gasteiger charge is 2.14. The summed E-state index contributed by atoms with van der Waals surface area (Å²) in [6, 6.07) is 17.6. The highest BCUT2D eigenvalue weighted by molar-refractivity contribution is 7.89. The number of aromatic nitrogens is 1. The molecule has 0 saturated heterocycles. The zero-order chi connectivity index (χ0) is 17.0. The van der Waals surface area contributed by atoms with Gasteiger partial charge in [-0.15, -0.1) is 0 Å². The van der Waals surface area contributed by atoms with E-state index < -0.39 is 10.0 Å². The average molecular weight is 342 g/mol. The minimum Gasteiger partial charge on any atom is -0.256 e. The first-order chi connectivity index (χ1) is 11.6. The second kappa shape index (κ2) is 6.90. The molecule has 0 spiro atoms. The molecule has 0 amide bonds. The van der Waals surface area contributed by atoms with E-state index in [9.17, 15) is 12.8 Å². The summed E-state index contributed by atoms with van der Waals surface area (Å²) < 4.78 is 40.3. The fourth-order valence-corrected chi connectivity index (χ4v) is 3.33. The van der Waals surface area contributed by atoms with Crippen LogP contribution in [0.3, 0.4) is 0 Å². The average Bonchev–Trinajstić information content (AvgIpc) is 2.62. The van der Waals surface area contributed by atoms with Crippen molar-refractivity contribution < 1.29 is 12.8 Å². The Hall–Kier alpha value is -2.57. The van der Waals surface area contributed by atoms with E-state index in [0.717, 1.165) is 5.56 Å². The molecule has 0 atom stereocenters. The number of hydrogen-bond acceptors (Lipinski definition) is 3. The molecule has 0 aliphatic carbocycles. The fraction of sp³-hybridized carbons (Fsp3) is 0.0556. The van der Waals surface area contributed by atoms with Gasteiger partial charge in [-0.3, -0.25) is 4.98 Å². The van der Waals surface area contributed by atoms with Crippen LogP contribution in [0.4, 0.5) is 4.39 Å². The molecule has 0 saturated carbocycles. The van der Waals surface area contributed by atoms with Gasteiger partial charge in [0.05, 0.1) is 10.6 Å². The van der Waals surface area contributed by atoms with Gasteiger partial charge in [-0.2, -0.15) is 0 Å². The fourth-order valence-electron chi connectivity index (χ4n) is 2.30. The van der Waals surface area contributed by atoms with Crippen LogP contribution < -0.4 is 4.72 Å². The maximum absolute atomic E-state index is 13.1. The number of halogens is 1. The van der Waals surface area contributed by atoms with E-state index in [0.29, 0.717) is 11.3 Å². The molecular formula is C18H15FN2O2S. The van der Waals surface area contributed by atoms with Crippen molar-refractivity contribution in [3.63, 3.8) is 0 Å². The standard InChI is InChI=1S/C18H15FN2O2S/c19-16-10-8-14(9-11-16)18-15(5-4-12-20-18)13-21-24(22,23)17-6-2-1-3-7-17/h1-12,21H,13H2. The second-order valence-electron chi connectivity index (χ2n) is 5.16. The molecule has 1 N–H and O–H groups in total. The summed E-state index contributed by atoms with van der Waals surface area (Å²) in [6.07, 6.45) is 1.62. The third kappa shape index (κ3) is 3.67. The molecule has 0 fully saturated rings. The molecule has 1 heterocycles. The third-order valence-electron chi connectivity index (χ3n) is 3.52. The van der Waals surface area contributed by atoms with Crippen LogP contribution in [0.5, 0.6) is 0 Å². The molecule has 3 aromatic rings. The summed E-state index contributed by atoms with van der Waals surface area (Å²) in [6.45, 7) is 0.0950. The van der Waals surface area contributed by atoms with Crippen molar-refractivity contribution in [1.82, 2.24) is 9.71 Å². The molecule has 3 rings (SSSR count). The lowest BCUT2D eigenvalue weighted by Crippen LogP contribution is -2.23. The SMILES string of the molecule is O=S(=O)(NCc1cccnc1-c1ccc(F)cc1)c1ccccc1. The Balaban J connectivity index is 1.85. The lowest BCUT2D eigenvalue weighted by Gasteiger charge is -2.10. The van der Waals surface area contributed by atoms with Crippen molar-refractivity contribution in [2.75, 3.05) is 0 Å². The maximum Gasteiger partial charge on any atom is 0.240 e. The molecule has 0 aliphatic rings. The Morgan fingerprint density at radius 3 is 2.33 bits per heavy atom. The van der Waals surface area contributed by atoms with Crippen LogP contribution in [0.15, 0.2) is 77.8 Å². The molecule has 24 heavy (non-hydrogen) atoms. The molecule has 1 aromatic heterocycles. The summed E-state index contributed by atoms with van der Waals surface area (Å²) in [5, 5.41) is 0. The van der Waals surface area contributed by atoms with Crippen LogP contribution in [0, 0.1) is 5.82 Å². The summed E-state index contributed by atoms with van der Waals surface area (Å²) >= 11 is 0. The molecule has 0 bridgehead atoms. The molecule has 0 unspecified atom stereocenters. The van der Waals surface area contributed by atoms with Crippen LogP contribution in [0.2, 0.25) is 0 Å². The molecular weight excluding hydrogens is 327 g/mol. The summed E-state index contributed by atoms with van der Waals surface area (Å²) in [5.41, 5.74) is 2.06. The lowest BCUT2D eigenvalue weighted by atomic mass is 10.1. The Labute approximate surface area is 140 Å². The van der Waals surface area contributed by atoms with Crippen LogP contribution >= 0.6 is 0 Å². The Morgan fingerprint density at radius 1 is 0.917 bits per heavy atom. The first-order valence-corrected chi connectivity index (χ1v) is 8.79. The maximum atomic E-state index is 13.1. The van der Waals surface area contributed by atoms with Crippen LogP contribution in [0.25, 0.3) is 11.3 Å². The van der Waals surface area contributed by atoms with Crippen molar-refractivity contribution >= 4 is 10.0 Å². The van der Waals surface area contributed by atoms with Gasteiger partial charge in [0.2, 0.25) is 10.0 Å². The van der Waals surface area contributed by atoms with E-state index in [1.54, 1.807) is 48.7 Å². The predicted octanol–water partition coefficient (Wildman–Crippen LogP) is 3.37. The van der Waals surface area contributed by atoms with Gasteiger partial charge in [0, 0.05) is 18.3 Å². The number of sulfonamides is 1. The van der Waals surface area contributed by atoms with E-state index in [1.165, 1.54) is 24.3 Å². The highest BCUT2D eigenvalue weighted by Crippen LogP contribution is 2.22. The van der Waals surface area contributed by atoms with E-state index in [4.69, 9.17) is 0 Å². The number of hydrogen-bond donors (Lipinski definition) is 1. The van der Waals surface area contributed by atoms with Gasteiger partial charge in [-0.05, 0) is 48.0 Å². The van der Waals surface area contributed by atoms with Crippen LogP contribution in [-0.2, 0) is 16.6 Å². The van der Waals surface area contributed by atoms with Crippen molar-refractivity contribution in [2.45, 2.75) is 11.4 Å². The zero-order valence-electron chi connectivity index (χ0n) is 12.7. The largest absolute Gasteiger partial charge is 0.256 e. The molecule has 6 heteroatoms. The van der Waals surface area contributed by atoms with E-state index in [2.05, 4.69) is 9.71 Å². The lowest BCUT2D eigenvalue weighted by molar-refractivity contribution is 0.581. The Bertz CT molecular complexity index is 927. The quantitative estimate of drug-likeness (QED) is 0.773. The van der Waals surface area contributed by atoms with Crippen molar-refractivity contribution in [3.8, 4) is 11.3 Å². The van der Waals surface area contributed by atoms with Crippen LogP contribution in [-0.4, -0.2) is 13.4 Å². The molecule has 0 radical (unpaired) electrons. The van der Waals surface area contributed by atoms with Gasteiger partial charge in [0.15, 0.2) is 0 Å². The predicted molar refractivity (Wildman–Crippen MR) is 90.1 cm³/mol. The smallest absolute Gasteiger partial charge is 0.240 e. The van der Waals surface area contributed by atoms with Crippen molar-refractivity contribution in [2.24, 2.45) is 0 Å². The molecule has 4 nitrogen and oxygen atoms in total. The minimum atomic E-state index is -3.60. The van der Waals surface area contributed by atoms with Gasteiger partial charge >= 0.3 is 0 Å². The van der Waals surface area contributed by atoms with Gasteiger partial charge in [-0.25, -0.2) is 17.5 Å². The molecule has 2 aromatic carbocycles. The van der Waals surface area contributed by atoms with Gasteiger partial charge in [-0.1, -0.05) is 24.3 Å². The topological polar surface area (TPSA) is 59.1 Å². The van der Waals surface area contributed by atoms with Crippen molar-refractivity contribution in [3.05, 3.63) is 84.3 Å². The second-order valence-corrected chi connectivity index (χ2v) is 6.92. The molecule has 0 aliphatic heterocycles. The van der Waals surface area contributed by atoms with E-state index >= 15 is 0 Å². The normalized spacial score (nSPS) is 11.4. The van der Waals surface area contributed by atoms with Gasteiger partial charge in [0.25, 0.3) is 0 Å². The number of rotatable bonds is 5. The zero-order valence-corrected chi connectivity index (χ0v) is 13.5. The monoisotopic (exact) mass is 342 g/mol. The minimum absolute atomic E-state index is 0.0950. The highest BCUT2D eigenvalue weighted by atomic mass is 32.2.